The largest absolute Gasteiger partial charge is 0.370 e. The van der Waals surface area contributed by atoms with Crippen LogP contribution >= 0.6 is 0 Å². The van der Waals surface area contributed by atoms with Gasteiger partial charge in [0.2, 0.25) is 10.0 Å². The summed E-state index contributed by atoms with van der Waals surface area (Å²) in [7, 11) is 0.0171. The van der Waals surface area contributed by atoms with E-state index in [4.69, 9.17) is 0 Å². The molecule has 5 nitrogen and oxygen atoms in total. The van der Waals surface area contributed by atoms with Crippen LogP contribution in [0.1, 0.15) is 12.8 Å². The van der Waals surface area contributed by atoms with E-state index in [1.165, 1.54) is 7.05 Å². The minimum atomic E-state index is -3.41. The highest BCUT2D eigenvalue weighted by atomic mass is 32.2. The number of anilines is 1. The van der Waals surface area contributed by atoms with Gasteiger partial charge in [-0.15, -0.1) is 0 Å². The summed E-state index contributed by atoms with van der Waals surface area (Å²) in [6.07, 6.45) is 2.18. The lowest BCUT2D eigenvalue weighted by atomic mass is 9.96. The summed E-state index contributed by atoms with van der Waals surface area (Å²) >= 11 is 0. The smallest absolute Gasteiger partial charge is 0.242 e. The molecule has 0 atom stereocenters. The highest BCUT2D eigenvalue weighted by Crippen LogP contribution is 2.28. The Bertz CT molecular complexity index is 537. The van der Waals surface area contributed by atoms with Crippen molar-refractivity contribution < 1.29 is 8.42 Å². The second-order valence-corrected chi connectivity index (χ2v) is 7.02. The van der Waals surface area contributed by atoms with Crippen molar-refractivity contribution in [2.24, 2.45) is 5.92 Å². The van der Waals surface area contributed by atoms with Crippen LogP contribution in [0.25, 0.3) is 0 Å². The van der Waals surface area contributed by atoms with Gasteiger partial charge in [0.15, 0.2) is 0 Å². The maximum Gasteiger partial charge on any atom is 0.242 e. The third kappa shape index (κ3) is 3.31. The molecule has 1 aromatic rings. The molecular formula is C14H23N3O2S. The predicted octanol–water partition coefficient (Wildman–Crippen LogP) is 1.03. The lowest BCUT2D eigenvalue weighted by molar-refractivity contribution is 0.392. The van der Waals surface area contributed by atoms with Crippen LogP contribution in [0.15, 0.2) is 29.2 Å². The third-order valence-corrected chi connectivity index (χ3v) is 5.33. The van der Waals surface area contributed by atoms with Crippen molar-refractivity contribution in [3.05, 3.63) is 24.3 Å². The van der Waals surface area contributed by atoms with Gasteiger partial charge in [0.25, 0.3) is 0 Å². The monoisotopic (exact) mass is 297 g/mol. The Morgan fingerprint density at radius 1 is 1.20 bits per heavy atom. The fraction of sp³-hybridized carbons (Fsp3) is 0.571. The van der Waals surface area contributed by atoms with Crippen molar-refractivity contribution in [3.63, 3.8) is 0 Å². The fourth-order valence-electron chi connectivity index (χ4n) is 2.72. The Balaban J connectivity index is 2.19. The Kier molecular flexibility index (Phi) is 5.01. The van der Waals surface area contributed by atoms with Crippen molar-refractivity contribution in [3.8, 4) is 0 Å². The maximum absolute atomic E-state index is 12.1. The number of hydrogen-bond donors (Lipinski definition) is 2. The zero-order valence-electron chi connectivity index (χ0n) is 12.1. The molecule has 6 heteroatoms. The average Bonchev–Trinajstić information content (AvgIpc) is 2.48. The lowest BCUT2D eigenvalue weighted by Crippen LogP contribution is -2.37. The van der Waals surface area contributed by atoms with Gasteiger partial charge in [0, 0.05) is 13.1 Å². The predicted molar refractivity (Wildman–Crippen MR) is 81.6 cm³/mol. The second kappa shape index (κ2) is 6.56. The molecule has 1 saturated heterocycles. The van der Waals surface area contributed by atoms with Crippen LogP contribution in [0.4, 0.5) is 5.69 Å². The van der Waals surface area contributed by atoms with E-state index in [0.717, 1.165) is 38.2 Å². The maximum atomic E-state index is 12.1. The van der Waals surface area contributed by atoms with E-state index in [1.807, 2.05) is 19.2 Å². The van der Waals surface area contributed by atoms with Crippen LogP contribution in [0.2, 0.25) is 0 Å². The van der Waals surface area contributed by atoms with E-state index in [0.29, 0.717) is 10.8 Å². The molecule has 0 bridgehead atoms. The minimum absolute atomic E-state index is 0.370. The van der Waals surface area contributed by atoms with Crippen molar-refractivity contribution in [1.82, 2.24) is 10.0 Å². The van der Waals surface area contributed by atoms with Crippen molar-refractivity contribution in [1.29, 1.82) is 0 Å². The SMILES string of the molecule is CNCC1CCN(c2ccccc2S(=O)(=O)NC)CC1. The molecule has 0 aliphatic carbocycles. The van der Waals surface area contributed by atoms with E-state index < -0.39 is 10.0 Å². The normalized spacial score (nSPS) is 17.4. The molecule has 0 radical (unpaired) electrons. The average molecular weight is 297 g/mol. The molecule has 0 saturated carbocycles. The second-order valence-electron chi connectivity index (χ2n) is 5.16. The Morgan fingerprint density at radius 2 is 1.85 bits per heavy atom. The number of hydrogen-bond acceptors (Lipinski definition) is 4. The van der Waals surface area contributed by atoms with Gasteiger partial charge in [-0.2, -0.15) is 0 Å². The number of para-hydroxylation sites is 1. The molecule has 112 valence electrons. The Labute approximate surface area is 121 Å². The molecule has 1 aliphatic heterocycles. The highest BCUT2D eigenvalue weighted by molar-refractivity contribution is 7.89. The Hall–Kier alpha value is -1.11. The van der Waals surface area contributed by atoms with Crippen LogP contribution in [0.5, 0.6) is 0 Å². The van der Waals surface area contributed by atoms with Gasteiger partial charge in [-0.05, 0) is 51.5 Å². The molecular weight excluding hydrogens is 274 g/mol. The molecule has 1 heterocycles. The fourth-order valence-corrected chi connectivity index (χ4v) is 3.67. The zero-order chi connectivity index (χ0) is 14.6. The van der Waals surface area contributed by atoms with E-state index in [-0.39, 0.29) is 0 Å². The quantitative estimate of drug-likeness (QED) is 0.852. The van der Waals surface area contributed by atoms with Gasteiger partial charge in [0.05, 0.1) is 5.69 Å². The van der Waals surface area contributed by atoms with Gasteiger partial charge in [-0.1, -0.05) is 12.1 Å². The summed E-state index contributed by atoms with van der Waals surface area (Å²) in [6, 6.07) is 7.22. The molecule has 0 amide bonds. The van der Waals surface area contributed by atoms with Gasteiger partial charge in [-0.3, -0.25) is 0 Å². The van der Waals surface area contributed by atoms with Crippen LogP contribution in [0, 0.1) is 5.92 Å². The first-order chi connectivity index (χ1) is 9.58. The number of benzene rings is 1. The first-order valence-corrected chi connectivity index (χ1v) is 8.49. The van der Waals surface area contributed by atoms with Crippen LogP contribution in [-0.2, 0) is 10.0 Å². The first kappa shape index (κ1) is 15.3. The van der Waals surface area contributed by atoms with Gasteiger partial charge < -0.3 is 10.2 Å². The number of nitrogens with one attached hydrogen (secondary N) is 2. The topological polar surface area (TPSA) is 61.4 Å². The van der Waals surface area contributed by atoms with E-state index >= 15 is 0 Å². The van der Waals surface area contributed by atoms with Crippen LogP contribution in [0.3, 0.4) is 0 Å². The molecule has 20 heavy (non-hydrogen) atoms. The molecule has 1 aliphatic rings. The van der Waals surface area contributed by atoms with Gasteiger partial charge >= 0.3 is 0 Å². The Morgan fingerprint density at radius 3 is 2.45 bits per heavy atom. The lowest BCUT2D eigenvalue weighted by Gasteiger charge is -2.34. The summed E-state index contributed by atoms with van der Waals surface area (Å²) in [5, 5.41) is 3.21. The summed E-state index contributed by atoms with van der Waals surface area (Å²) in [5.41, 5.74) is 0.810. The standard InChI is InChI=1S/C14H23N3O2S/c1-15-11-12-7-9-17(10-8-12)13-5-3-4-6-14(13)20(18,19)16-2/h3-6,12,15-16H,7-11H2,1-2H3. The molecule has 2 N–H and O–H groups in total. The summed E-state index contributed by atoms with van der Waals surface area (Å²) in [5.74, 6) is 0.685. The molecule has 0 aromatic heterocycles. The number of piperidine rings is 1. The molecule has 2 rings (SSSR count). The number of nitrogens with zero attached hydrogens (tertiary/aromatic N) is 1. The van der Waals surface area contributed by atoms with Crippen LogP contribution < -0.4 is 14.9 Å². The zero-order valence-corrected chi connectivity index (χ0v) is 12.9. The number of rotatable bonds is 5. The van der Waals surface area contributed by atoms with E-state index in [9.17, 15) is 8.42 Å². The molecule has 1 aromatic carbocycles. The van der Waals surface area contributed by atoms with Crippen molar-refractivity contribution in [2.45, 2.75) is 17.7 Å². The summed E-state index contributed by atoms with van der Waals surface area (Å²) in [4.78, 5) is 2.55. The van der Waals surface area contributed by atoms with Gasteiger partial charge in [-0.25, -0.2) is 13.1 Å². The third-order valence-electron chi connectivity index (χ3n) is 3.87. The van der Waals surface area contributed by atoms with Gasteiger partial charge in [0.1, 0.15) is 4.90 Å². The van der Waals surface area contributed by atoms with Crippen molar-refractivity contribution >= 4 is 15.7 Å². The highest BCUT2D eigenvalue weighted by Gasteiger charge is 2.24. The summed E-state index contributed by atoms with van der Waals surface area (Å²) in [6.45, 7) is 2.84. The van der Waals surface area contributed by atoms with Crippen LogP contribution in [-0.4, -0.2) is 42.1 Å². The molecule has 0 unspecified atom stereocenters. The first-order valence-electron chi connectivity index (χ1n) is 7.00. The summed E-state index contributed by atoms with van der Waals surface area (Å²) < 4.78 is 26.6. The number of sulfonamides is 1. The molecule has 0 spiro atoms. The van der Waals surface area contributed by atoms with E-state index in [2.05, 4.69) is 14.9 Å². The van der Waals surface area contributed by atoms with Crippen molar-refractivity contribution in [2.75, 3.05) is 38.6 Å². The molecule has 1 fully saturated rings. The van der Waals surface area contributed by atoms with E-state index in [1.54, 1.807) is 12.1 Å². The minimum Gasteiger partial charge on any atom is -0.370 e.